The minimum absolute atomic E-state index is 0. The molecule has 0 atom stereocenters. The Kier molecular flexibility index (Phi) is 14.4. The van der Waals surface area contributed by atoms with Crippen molar-refractivity contribution in [3.8, 4) is 33.8 Å². The fourth-order valence-electron chi connectivity index (χ4n) is 6.02. The summed E-state index contributed by atoms with van der Waals surface area (Å²) in [5, 5.41) is 6.50. The van der Waals surface area contributed by atoms with Crippen molar-refractivity contribution in [1.29, 1.82) is 0 Å². The van der Waals surface area contributed by atoms with Crippen molar-refractivity contribution in [3.05, 3.63) is 146 Å². The first-order chi connectivity index (χ1) is 29.0. The van der Waals surface area contributed by atoms with Gasteiger partial charge in [-0.15, -0.1) is 0 Å². The predicted octanol–water partition coefficient (Wildman–Crippen LogP) is 6.83. The quantitative estimate of drug-likeness (QED) is 0.144. The van der Waals surface area contributed by atoms with Crippen LogP contribution >= 0.6 is 0 Å². The summed E-state index contributed by atoms with van der Waals surface area (Å²) in [5.41, 5.74) is 14.0. The summed E-state index contributed by atoms with van der Waals surface area (Å²) in [4.78, 5) is 38.4. The van der Waals surface area contributed by atoms with Crippen LogP contribution in [-0.4, -0.2) is 56.9 Å². The monoisotopic (exact) mass is 828 g/mol. The Hall–Kier alpha value is -6.68. The Morgan fingerprint density at radius 1 is 0.459 bits per heavy atom. The molecule has 16 heteroatoms. The summed E-state index contributed by atoms with van der Waals surface area (Å²) in [7, 11) is 0. The van der Waals surface area contributed by atoms with Gasteiger partial charge in [-0.3, -0.25) is 0 Å². The number of halogens is 3. The minimum atomic E-state index is -0.299. The first-order valence-electron chi connectivity index (χ1n) is 18.9. The average Bonchev–Trinajstić information content (AvgIpc) is 3.24. The number of fused-ring (bicyclic) bond motifs is 3. The molecule has 0 aliphatic heterocycles. The van der Waals surface area contributed by atoms with E-state index >= 15 is 0 Å². The van der Waals surface area contributed by atoms with Crippen LogP contribution < -0.4 is 45.9 Å². The van der Waals surface area contributed by atoms with Gasteiger partial charge in [-0.2, -0.15) is 0 Å². The fraction of sp³-hybridized carbons (Fsp3) is 0.133. The summed E-state index contributed by atoms with van der Waals surface area (Å²) >= 11 is 0. The van der Waals surface area contributed by atoms with Gasteiger partial charge in [0.2, 0.25) is 0 Å². The van der Waals surface area contributed by atoms with E-state index in [0.29, 0.717) is 62.2 Å². The second-order valence-electron chi connectivity index (χ2n) is 14.0. The SMILES string of the molecule is CC(C)Nc1ncnc2ccc(-c3cccc(F)c3)nc12.CC(C)Nc1ncnc2ccc(-c3cccc(F)c3)nc12.Nc1ncnc2ccc(-c3cccc(F)c3)nc12.[H-].[Na+]. The van der Waals surface area contributed by atoms with E-state index in [2.05, 4.69) is 55.5 Å². The molecule has 0 aliphatic carbocycles. The molecule has 0 fully saturated rings. The second-order valence-corrected chi connectivity index (χ2v) is 14.0. The number of rotatable bonds is 7. The molecule has 0 spiro atoms. The van der Waals surface area contributed by atoms with Crippen LogP contribution in [-0.2, 0) is 0 Å². The van der Waals surface area contributed by atoms with Gasteiger partial charge in [-0.05, 0) is 100 Å². The van der Waals surface area contributed by atoms with Crippen molar-refractivity contribution >= 4 is 50.6 Å². The number of nitrogens with one attached hydrogen (secondary N) is 2. The maximum atomic E-state index is 13.4. The maximum absolute atomic E-state index is 13.4. The topological polar surface area (TPSA) is 166 Å². The Bertz CT molecular complexity index is 2810. The van der Waals surface area contributed by atoms with E-state index in [0.717, 1.165) is 22.2 Å². The number of aromatic nitrogens is 9. The number of anilines is 3. The van der Waals surface area contributed by atoms with Crippen molar-refractivity contribution in [2.45, 2.75) is 39.8 Å². The van der Waals surface area contributed by atoms with E-state index in [1.807, 2.05) is 64.1 Å². The summed E-state index contributed by atoms with van der Waals surface area (Å²) in [5.74, 6) is 0.838. The second kappa shape index (κ2) is 20.1. The number of nitrogen functional groups attached to an aromatic ring is 1. The van der Waals surface area contributed by atoms with Crippen molar-refractivity contribution in [2.24, 2.45) is 0 Å². The smallest absolute Gasteiger partial charge is 1.00 e. The van der Waals surface area contributed by atoms with Gasteiger partial charge in [0.15, 0.2) is 17.5 Å². The summed E-state index contributed by atoms with van der Waals surface area (Å²) in [6, 6.07) is 30.5. The van der Waals surface area contributed by atoms with E-state index in [4.69, 9.17) is 5.73 Å². The van der Waals surface area contributed by atoms with E-state index in [9.17, 15) is 13.2 Å². The molecule has 302 valence electrons. The first-order valence-corrected chi connectivity index (χ1v) is 18.9. The molecule has 0 aliphatic rings. The zero-order chi connectivity index (χ0) is 42.2. The van der Waals surface area contributed by atoms with E-state index < -0.39 is 0 Å². The van der Waals surface area contributed by atoms with Crippen LogP contribution in [0.3, 0.4) is 0 Å². The summed E-state index contributed by atoms with van der Waals surface area (Å²) in [6.07, 6.45) is 4.41. The molecular formula is C45H40F3N12Na. The van der Waals surface area contributed by atoms with Crippen molar-refractivity contribution < 1.29 is 44.2 Å². The van der Waals surface area contributed by atoms with Crippen LogP contribution in [0.5, 0.6) is 0 Å². The number of pyridine rings is 3. The molecule has 4 N–H and O–H groups in total. The van der Waals surface area contributed by atoms with Gasteiger partial charge in [-0.25, -0.2) is 58.0 Å². The Morgan fingerprint density at radius 2 is 0.803 bits per heavy atom. The molecule has 3 aromatic carbocycles. The van der Waals surface area contributed by atoms with Gasteiger partial charge in [0.1, 0.15) is 53.0 Å². The Morgan fingerprint density at radius 3 is 1.16 bits per heavy atom. The van der Waals surface area contributed by atoms with Gasteiger partial charge in [0, 0.05) is 28.8 Å². The van der Waals surface area contributed by atoms with Crippen molar-refractivity contribution in [2.75, 3.05) is 16.4 Å². The van der Waals surface area contributed by atoms with Crippen molar-refractivity contribution in [3.63, 3.8) is 0 Å². The van der Waals surface area contributed by atoms with Crippen LogP contribution in [0.25, 0.3) is 66.9 Å². The Labute approximate surface area is 373 Å². The molecule has 0 amide bonds. The van der Waals surface area contributed by atoms with Gasteiger partial charge >= 0.3 is 29.6 Å². The molecule has 0 saturated carbocycles. The van der Waals surface area contributed by atoms with E-state index in [1.54, 1.807) is 36.4 Å². The molecule has 9 aromatic rings. The number of hydrogen-bond donors (Lipinski definition) is 3. The largest absolute Gasteiger partial charge is 1.00 e. The van der Waals surface area contributed by atoms with Gasteiger partial charge in [-0.1, -0.05) is 36.4 Å². The third-order valence-corrected chi connectivity index (χ3v) is 8.69. The summed E-state index contributed by atoms with van der Waals surface area (Å²) in [6.45, 7) is 8.13. The van der Waals surface area contributed by atoms with Gasteiger partial charge < -0.3 is 17.8 Å². The predicted molar refractivity (Wildman–Crippen MR) is 231 cm³/mol. The third kappa shape index (κ3) is 11.1. The van der Waals surface area contributed by atoms with Crippen LogP contribution in [0.15, 0.2) is 128 Å². The average molecular weight is 829 g/mol. The summed E-state index contributed by atoms with van der Waals surface area (Å²) < 4.78 is 39.9. The standard InChI is InChI=1S/2C16H15FN4.C13H9FN4.Na.H/c2*1-10(2)20-16-15-14(18-9-19-16)7-6-13(21-15)11-4-3-5-12(17)8-11;14-9-3-1-2-8(6-9)10-4-5-11-12(18-10)13(15)17-7-16-11;;/h2*3-10H,1-2H3,(H,18,19,20);1-7H,(H2,15,16,17);;/q;;;+1;-1. The van der Waals surface area contributed by atoms with Gasteiger partial charge in [0.05, 0.1) is 33.6 Å². The Balaban J connectivity index is 0.000000173. The normalized spacial score (nSPS) is 10.8. The molecular weight excluding hydrogens is 789 g/mol. The molecule has 0 radical (unpaired) electrons. The van der Waals surface area contributed by atoms with E-state index in [-0.39, 0.29) is 60.5 Å². The molecule has 9 rings (SSSR count). The molecule has 6 heterocycles. The molecule has 0 bridgehead atoms. The molecule has 12 nitrogen and oxygen atoms in total. The zero-order valence-corrected chi connectivity index (χ0v) is 36.0. The third-order valence-electron chi connectivity index (χ3n) is 8.69. The molecule has 0 saturated heterocycles. The fourth-order valence-corrected chi connectivity index (χ4v) is 6.02. The van der Waals surface area contributed by atoms with Gasteiger partial charge in [0.25, 0.3) is 0 Å². The minimum Gasteiger partial charge on any atom is -1.00 e. The van der Waals surface area contributed by atoms with E-state index in [1.165, 1.54) is 55.4 Å². The number of nitrogens with two attached hydrogens (primary N) is 1. The molecule has 61 heavy (non-hydrogen) atoms. The van der Waals surface area contributed by atoms with Crippen LogP contribution in [0, 0.1) is 17.5 Å². The van der Waals surface area contributed by atoms with Crippen LogP contribution in [0.1, 0.15) is 29.1 Å². The number of benzene rings is 3. The van der Waals surface area contributed by atoms with Crippen LogP contribution in [0.4, 0.5) is 30.6 Å². The first kappa shape index (κ1) is 43.9. The molecule has 6 aromatic heterocycles. The van der Waals surface area contributed by atoms with Crippen LogP contribution in [0.2, 0.25) is 0 Å². The zero-order valence-electron chi connectivity index (χ0n) is 35.0. The van der Waals surface area contributed by atoms with Crippen molar-refractivity contribution in [1.82, 2.24) is 44.9 Å². The maximum Gasteiger partial charge on any atom is 1.00 e. The number of hydrogen-bond acceptors (Lipinski definition) is 12. The molecule has 0 unspecified atom stereocenters. The number of nitrogens with zero attached hydrogens (tertiary/aromatic N) is 9.